The number of hydrogen-bond donors (Lipinski definition) is 0. The Morgan fingerprint density at radius 2 is 0.940 bits per heavy atom. The van der Waals surface area contributed by atoms with Crippen molar-refractivity contribution in [2.75, 3.05) is 4.90 Å². The van der Waals surface area contributed by atoms with E-state index in [9.17, 15) is 0 Å². The minimum absolute atomic E-state index is 0.865. The predicted octanol–water partition coefficient (Wildman–Crippen LogP) is 13.7. The van der Waals surface area contributed by atoms with Gasteiger partial charge in [-0.25, -0.2) is 0 Å². The van der Waals surface area contributed by atoms with Crippen LogP contribution in [0.4, 0.5) is 17.1 Å². The summed E-state index contributed by atoms with van der Waals surface area (Å²) in [7, 11) is 0. The lowest BCUT2D eigenvalue weighted by molar-refractivity contribution is 0.632. The first-order valence-electron chi connectivity index (χ1n) is 17.0. The summed E-state index contributed by atoms with van der Waals surface area (Å²) in [4.78, 5) is 2.37. The van der Waals surface area contributed by atoms with Crippen molar-refractivity contribution in [3.8, 4) is 44.7 Å². The third kappa shape index (κ3) is 5.53. The molecule has 0 amide bonds. The van der Waals surface area contributed by atoms with Gasteiger partial charge < -0.3 is 9.32 Å². The molecule has 1 heterocycles. The Morgan fingerprint density at radius 1 is 0.340 bits per heavy atom. The highest BCUT2D eigenvalue weighted by Gasteiger charge is 2.18. The van der Waals surface area contributed by atoms with Gasteiger partial charge in [-0.1, -0.05) is 152 Å². The van der Waals surface area contributed by atoms with Gasteiger partial charge in [0.05, 0.1) is 5.69 Å². The summed E-state index contributed by atoms with van der Waals surface area (Å²) in [6, 6.07) is 71.1. The van der Waals surface area contributed by atoms with Crippen LogP contribution in [0.25, 0.3) is 66.4 Å². The molecule has 0 saturated heterocycles. The minimum atomic E-state index is 0.865. The van der Waals surface area contributed by atoms with Crippen molar-refractivity contribution in [2.45, 2.75) is 0 Å². The van der Waals surface area contributed by atoms with Crippen molar-refractivity contribution >= 4 is 38.8 Å². The van der Waals surface area contributed by atoms with Crippen LogP contribution < -0.4 is 4.90 Å². The summed E-state index contributed by atoms with van der Waals surface area (Å²) >= 11 is 0. The largest absolute Gasteiger partial charge is 0.456 e. The normalized spacial score (nSPS) is 11.2. The van der Waals surface area contributed by atoms with Crippen LogP contribution >= 0.6 is 0 Å². The fourth-order valence-electron chi connectivity index (χ4n) is 7.00. The maximum atomic E-state index is 6.43. The molecule has 0 N–H and O–H groups in total. The van der Waals surface area contributed by atoms with Crippen LogP contribution in [0.5, 0.6) is 0 Å². The van der Waals surface area contributed by atoms with E-state index in [4.69, 9.17) is 4.42 Å². The second-order valence-electron chi connectivity index (χ2n) is 12.6. The highest BCUT2D eigenvalue weighted by molar-refractivity contribution is 5.99. The summed E-state index contributed by atoms with van der Waals surface area (Å²) in [5, 5.41) is 3.51. The number of para-hydroxylation sites is 1. The van der Waals surface area contributed by atoms with Crippen LogP contribution in [-0.4, -0.2) is 0 Å². The summed E-state index contributed by atoms with van der Waals surface area (Å²) < 4.78 is 6.43. The van der Waals surface area contributed by atoms with Gasteiger partial charge in [0.25, 0.3) is 0 Å². The second-order valence-corrected chi connectivity index (χ2v) is 12.6. The van der Waals surface area contributed by atoms with Gasteiger partial charge in [-0.2, -0.15) is 0 Å². The van der Waals surface area contributed by atoms with Gasteiger partial charge in [0.15, 0.2) is 0 Å². The Hall–Kier alpha value is -6.64. The molecule has 0 unspecified atom stereocenters. The fourth-order valence-corrected chi connectivity index (χ4v) is 7.00. The molecule has 50 heavy (non-hydrogen) atoms. The van der Waals surface area contributed by atoms with Crippen molar-refractivity contribution in [3.63, 3.8) is 0 Å². The summed E-state index contributed by atoms with van der Waals surface area (Å²) in [6.07, 6.45) is 0. The van der Waals surface area contributed by atoms with Gasteiger partial charge in [-0.05, 0) is 87.3 Å². The number of benzene rings is 8. The molecule has 9 aromatic rings. The van der Waals surface area contributed by atoms with E-state index in [1.165, 1.54) is 21.9 Å². The van der Waals surface area contributed by atoms with E-state index in [-0.39, 0.29) is 0 Å². The van der Waals surface area contributed by atoms with Gasteiger partial charge in [-0.15, -0.1) is 0 Å². The number of nitrogens with zero attached hydrogens (tertiary/aromatic N) is 1. The monoisotopic (exact) mass is 639 g/mol. The predicted molar refractivity (Wildman–Crippen MR) is 210 cm³/mol. The van der Waals surface area contributed by atoms with Crippen LogP contribution in [0.15, 0.2) is 205 Å². The van der Waals surface area contributed by atoms with Crippen molar-refractivity contribution < 1.29 is 4.42 Å². The Bertz CT molecular complexity index is 2550. The molecule has 2 nitrogen and oxygen atoms in total. The van der Waals surface area contributed by atoms with Crippen LogP contribution in [0.2, 0.25) is 0 Å². The molecule has 2 heteroatoms. The molecule has 1 aromatic heterocycles. The molecule has 0 radical (unpaired) electrons. The van der Waals surface area contributed by atoms with Crippen molar-refractivity contribution in [1.29, 1.82) is 0 Å². The van der Waals surface area contributed by atoms with Crippen molar-refractivity contribution in [2.24, 2.45) is 0 Å². The molecule has 9 rings (SSSR count). The average Bonchev–Trinajstić information content (AvgIpc) is 3.64. The molecule has 0 fully saturated rings. The first kappa shape index (κ1) is 29.5. The SMILES string of the molecule is c1ccc(-c2cccc(N(c3ccc(-c4ccc(-c5ccccc5)c(-c5cc6ccccc6o5)c4)cc3)c3cccc4ccccc34)c2)cc1. The van der Waals surface area contributed by atoms with E-state index in [1.54, 1.807) is 0 Å². The maximum absolute atomic E-state index is 6.43. The Morgan fingerprint density at radius 3 is 1.74 bits per heavy atom. The van der Waals surface area contributed by atoms with Crippen LogP contribution in [0.3, 0.4) is 0 Å². The minimum Gasteiger partial charge on any atom is -0.456 e. The quantitative estimate of drug-likeness (QED) is 0.173. The van der Waals surface area contributed by atoms with Gasteiger partial charge in [0.1, 0.15) is 11.3 Å². The number of fused-ring (bicyclic) bond motifs is 2. The number of furan rings is 1. The molecule has 0 atom stereocenters. The van der Waals surface area contributed by atoms with E-state index < -0.39 is 0 Å². The number of rotatable bonds is 7. The lowest BCUT2D eigenvalue weighted by Crippen LogP contribution is -2.10. The summed E-state index contributed by atoms with van der Waals surface area (Å²) in [5.74, 6) is 0.865. The molecular weight excluding hydrogens is 607 g/mol. The third-order valence-corrected chi connectivity index (χ3v) is 9.47. The smallest absolute Gasteiger partial charge is 0.136 e. The van der Waals surface area contributed by atoms with E-state index in [0.717, 1.165) is 61.6 Å². The summed E-state index contributed by atoms with van der Waals surface area (Å²) in [6.45, 7) is 0. The van der Waals surface area contributed by atoms with Crippen LogP contribution in [0, 0.1) is 0 Å². The van der Waals surface area contributed by atoms with Gasteiger partial charge >= 0.3 is 0 Å². The molecule has 8 aromatic carbocycles. The van der Waals surface area contributed by atoms with Gasteiger partial charge in [0.2, 0.25) is 0 Å². The van der Waals surface area contributed by atoms with E-state index in [2.05, 4.69) is 193 Å². The molecule has 0 aliphatic heterocycles. The zero-order valence-corrected chi connectivity index (χ0v) is 27.4. The zero-order chi connectivity index (χ0) is 33.3. The Kier molecular flexibility index (Phi) is 7.53. The zero-order valence-electron chi connectivity index (χ0n) is 27.4. The first-order valence-corrected chi connectivity index (χ1v) is 17.0. The fraction of sp³-hybridized carbons (Fsp3) is 0. The van der Waals surface area contributed by atoms with Crippen molar-refractivity contribution in [3.05, 3.63) is 200 Å². The lowest BCUT2D eigenvalue weighted by Gasteiger charge is -2.27. The Balaban J connectivity index is 1.16. The highest BCUT2D eigenvalue weighted by Crippen LogP contribution is 2.42. The topological polar surface area (TPSA) is 16.4 Å². The number of hydrogen-bond acceptors (Lipinski definition) is 2. The van der Waals surface area contributed by atoms with Gasteiger partial charge in [-0.3, -0.25) is 0 Å². The lowest BCUT2D eigenvalue weighted by atomic mass is 9.93. The Labute approximate surface area is 292 Å². The molecule has 236 valence electrons. The van der Waals surface area contributed by atoms with Crippen molar-refractivity contribution in [1.82, 2.24) is 0 Å². The average molecular weight is 640 g/mol. The van der Waals surface area contributed by atoms with Crippen LogP contribution in [-0.2, 0) is 0 Å². The molecular formula is C48H33NO. The van der Waals surface area contributed by atoms with E-state index in [1.807, 2.05) is 12.1 Å². The molecule has 0 aliphatic rings. The standard InChI is InChI=1S/C48H33NO/c1-3-13-34(14-4-1)38-20-11-21-42(31-38)49(46-23-12-19-37-17-7-9-22-44(37)46)41-28-25-35(26-29-41)39-27-30-43(36-15-5-2-6-16-36)45(32-39)48-33-40-18-8-10-24-47(40)50-48/h1-33H. The molecule has 0 saturated carbocycles. The van der Waals surface area contributed by atoms with E-state index >= 15 is 0 Å². The van der Waals surface area contributed by atoms with E-state index in [0.29, 0.717) is 0 Å². The number of anilines is 3. The highest BCUT2D eigenvalue weighted by atomic mass is 16.3. The third-order valence-electron chi connectivity index (χ3n) is 9.47. The summed E-state index contributed by atoms with van der Waals surface area (Å²) in [5.41, 5.74) is 12.3. The molecule has 0 spiro atoms. The second kappa shape index (κ2) is 12.8. The van der Waals surface area contributed by atoms with Gasteiger partial charge in [0, 0.05) is 27.7 Å². The molecule has 0 aliphatic carbocycles. The first-order chi connectivity index (χ1) is 24.8. The maximum Gasteiger partial charge on any atom is 0.136 e. The van der Waals surface area contributed by atoms with Crippen LogP contribution in [0.1, 0.15) is 0 Å². The molecule has 0 bridgehead atoms.